The van der Waals surface area contributed by atoms with E-state index in [1.54, 1.807) is 13.0 Å². The third-order valence-electron chi connectivity index (χ3n) is 5.54. The Morgan fingerprint density at radius 1 is 1.17 bits per heavy atom. The van der Waals surface area contributed by atoms with Gasteiger partial charge in [0.1, 0.15) is 24.1 Å². The summed E-state index contributed by atoms with van der Waals surface area (Å²) < 4.78 is 72.9. The highest BCUT2D eigenvalue weighted by Crippen LogP contribution is 2.44. The van der Waals surface area contributed by atoms with E-state index >= 15 is 0 Å². The molecule has 0 spiro atoms. The van der Waals surface area contributed by atoms with Gasteiger partial charge in [-0.25, -0.2) is 22.0 Å². The molecule has 2 aromatic carbocycles. The number of halogens is 6. The molecule has 3 aromatic rings. The fraction of sp³-hybridized carbons (Fsp3) is 0.333. The summed E-state index contributed by atoms with van der Waals surface area (Å²) >= 11 is 3.02. The maximum Gasteiger partial charge on any atom is 0.283 e. The van der Waals surface area contributed by atoms with Crippen LogP contribution in [0, 0.1) is 17.5 Å². The average Bonchev–Trinajstić information content (AvgIpc) is 3.02. The standard InChI is InChI=1S/C21H18BrF5N2O/c1-10-5-12-17-13(23)3-2-4-16(17)28-19(12)20(29(10)8-21(26,27)9-30)18-14(24)6-11(22)7-15(18)25/h2-4,6-7,10,20,28,30H,5,8-9H2,1H3. The molecule has 1 aliphatic rings. The minimum Gasteiger partial charge on any atom is -0.390 e. The Morgan fingerprint density at radius 2 is 1.83 bits per heavy atom. The molecule has 2 heterocycles. The lowest BCUT2D eigenvalue weighted by Gasteiger charge is -2.42. The van der Waals surface area contributed by atoms with Gasteiger partial charge in [0.25, 0.3) is 5.92 Å². The van der Waals surface area contributed by atoms with Crippen LogP contribution in [0.5, 0.6) is 0 Å². The van der Waals surface area contributed by atoms with Gasteiger partial charge in [-0.1, -0.05) is 22.0 Å². The van der Waals surface area contributed by atoms with Crippen molar-refractivity contribution >= 4 is 26.8 Å². The fourth-order valence-electron chi connectivity index (χ4n) is 4.26. The zero-order valence-corrected chi connectivity index (χ0v) is 17.4. The topological polar surface area (TPSA) is 39.3 Å². The number of rotatable bonds is 4. The number of nitrogens with one attached hydrogen (secondary N) is 1. The molecule has 0 saturated carbocycles. The van der Waals surface area contributed by atoms with Crippen LogP contribution in [0.3, 0.4) is 0 Å². The van der Waals surface area contributed by atoms with Crippen molar-refractivity contribution in [2.24, 2.45) is 0 Å². The number of aliphatic hydroxyl groups is 1. The van der Waals surface area contributed by atoms with Crippen LogP contribution in [0.1, 0.15) is 29.8 Å². The van der Waals surface area contributed by atoms with E-state index in [0.717, 1.165) is 12.1 Å². The number of aliphatic hydroxyl groups excluding tert-OH is 1. The highest BCUT2D eigenvalue weighted by Gasteiger charge is 2.43. The van der Waals surface area contributed by atoms with Crippen LogP contribution in [0.15, 0.2) is 34.8 Å². The lowest BCUT2D eigenvalue weighted by molar-refractivity contribution is -0.0869. The van der Waals surface area contributed by atoms with Crippen molar-refractivity contribution in [1.29, 1.82) is 0 Å². The van der Waals surface area contributed by atoms with Gasteiger partial charge in [-0.05, 0) is 43.2 Å². The normalized spacial score (nSPS) is 20.0. The number of hydrogen-bond donors (Lipinski definition) is 2. The van der Waals surface area contributed by atoms with Gasteiger partial charge >= 0.3 is 0 Å². The van der Waals surface area contributed by atoms with Crippen LogP contribution in [0.2, 0.25) is 0 Å². The lowest BCUT2D eigenvalue weighted by atomic mass is 9.87. The highest BCUT2D eigenvalue weighted by molar-refractivity contribution is 9.10. The van der Waals surface area contributed by atoms with E-state index in [0.29, 0.717) is 11.1 Å². The second-order valence-corrected chi connectivity index (χ2v) is 8.52. The SMILES string of the molecule is CC1Cc2c([nH]c3cccc(F)c23)C(c2c(F)cc(Br)cc2F)N1CC(F)(F)CO. The van der Waals surface area contributed by atoms with E-state index in [1.165, 1.54) is 17.0 Å². The molecule has 0 aliphatic carbocycles. The zero-order chi connectivity index (χ0) is 21.8. The van der Waals surface area contributed by atoms with E-state index in [4.69, 9.17) is 5.11 Å². The second-order valence-electron chi connectivity index (χ2n) is 7.60. The molecule has 2 N–H and O–H groups in total. The Hall–Kier alpha value is -1.97. The summed E-state index contributed by atoms with van der Waals surface area (Å²) in [5.74, 6) is -5.81. The molecule has 2 atom stereocenters. The lowest BCUT2D eigenvalue weighted by Crippen LogP contribution is -2.49. The molecule has 0 bridgehead atoms. The van der Waals surface area contributed by atoms with Gasteiger partial charge in [-0.3, -0.25) is 4.90 Å². The first-order valence-corrected chi connectivity index (χ1v) is 10.1. The number of aromatic nitrogens is 1. The van der Waals surface area contributed by atoms with E-state index in [9.17, 15) is 22.0 Å². The number of hydrogen-bond acceptors (Lipinski definition) is 2. The number of alkyl halides is 2. The second kappa shape index (κ2) is 7.62. The summed E-state index contributed by atoms with van der Waals surface area (Å²) in [7, 11) is 0. The molecular weight excluding hydrogens is 471 g/mol. The molecule has 3 nitrogen and oxygen atoms in total. The van der Waals surface area contributed by atoms with Gasteiger partial charge in [0.15, 0.2) is 0 Å². The van der Waals surface area contributed by atoms with Crippen LogP contribution in [0.4, 0.5) is 22.0 Å². The van der Waals surface area contributed by atoms with Gasteiger partial charge in [-0.15, -0.1) is 0 Å². The summed E-state index contributed by atoms with van der Waals surface area (Å²) in [5, 5.41) is 9.36. The molecule has 2 unspecified atom stereocenters. The summed E-state index contributed by atoms with van der Waals surface area (Å²) in [6.45, 7) is -0.679. The number of fused-ring (bicyclic) bond motifs is 3. The van der Waals surface area contributed by atoms with Crippen molar-refractivity contribution in [3.05, 3.63) is 69.1 Å². The summed E-state index contributed by atoms with van der Waals surface area (Å²) in [4.78, 5) is 4.25. The predicted molar refractivity (Wildman–Crippen MR) is 106 cm³/mol. The van der Waals surface area contributed by atoms with Gasteiger partial charge < -0.3 is 10.1 Å². The first kappa shape index (κ1) is 21.3. The Labute approximate surface area is 177 Å². The van der Waals surface area contributed by atoms with Gasteiger partial charge in [-0.2, -0.15) is 0 Å². The first-order valence-electron chi connectivity index (χ1n) is 9.31. The van der Waals surface area contributed by atoms with E-state index in [-0.39, 0.29) is 22.0 Å². The molecule has 1 aromatic heterocycles. The van der Waals surface area contributed by atoms with Crippen molar-refractivity contribution in [2.45, 2.75) is 31.4 Å². The molecule has 0 radical (unpaired) electrons. The first-order chi connectivity index (χ1) is 14.1. The van der Waals surface area contributed by atoms with E-state index in [1.807, 2.05) is 0 Å². The average molecular weight is 489 g/mol. The van der Waals surface area contributed by atoms with E-state index < -0.39 is 54.2 Å². The van der Waals surface area contributed by atoms with Crippen LogP contribution >= 0.6 is 15.9 Å². The molecule has 9 heteroatoms. The van der Waals surface area contributed by atoms with Gasteiger partial charge in [0.2, 0.25) is 0 Å². The number of nitrogens with zero attached hydrogens (tertiary/aromatic N) is 1. The smallest absolute Gasteiger partial charge is 0.283 e. The predicted octanol–water partition coefficient (Wildman–Crippen LogP) is 5.31. The molecule has 4 rings (SSSR count). The molecule has 0 amide bonds. The van der Waals surface area contributed by atoms with Crippen molar-refractivity contribution < 1.29 is 27.1 Å². The van der Waals surface area contributed by atoms with Crippen LogP contribution in [-0.4, -0.2) is 40.1 Å². The largest absolute Gasteiger partial charge is 0.390 e. The summed E-state index contributed by atoms with van der Waals surface area (Å²) in [6, 6.07) is 4.67. The highest BCUT2D eigenvalue weighted by atomic mass is 79.9. The molecular formula is C21H18BrF5N2O. The number of aromatic amines is 1. The summed E-state index contributed by atoms with van der Waals surface area (Å²) in [6.07, 6.45) is 0.202. The quantitative estimate of drug-likeness (QED) is 0.488. The third kappa shape index (κ3) is 3.52. The number of H-pyrrole nitrogens is 1. The van der Waals surface area contributed by atoms with Crippen LogP contribution < -0.4 is 0 Å². The third-order valence-corrected chi connectivity index (χ3v) is 6.00. The van der Waals surface area contributed by atoms with Gasteiger partial charge in [0.05, 0.1) is 12.6 Å². The molecule has 0 fully saturated rings. The van der Waals surface area contributed by atoms with Crippen molar-refractivity contribution in [2.75, 3.05) is 13.2 Å². The Bertz CT molecular complexity index is 1090. The van der Waals surface area contributed by atoms with E-state index in [2.05, 4.69) is 20.9 Å². The molecule has 160 valence electrons. The van der Waals surface area contributed by atoms with Crippen molar-refractivity contribution in [3.8, 4) is 0 Å². The zero-order valence-electron chi connectivity index (χ0n) is 15.8. The maximum absolute atomic E-state index is 14.9. The molecule has 0 saturated heterocycles. The Morgan fingerprint density at radius 3 is 2.47 bits per heavy atom. The Balaban J connectivity index is 1.99. The number of benzene rings is 2. The fourth-order valence-corrected chi connectivity index (χ4v) is 4.66. The summed E-state index contributed by atoms with van der Waals surface area (Å²) in [5.41, 5.74) is 0.783. The molecule has 30 heavy (non-hydrogen) atoms. The minimum atomic E-state index is -3.48. The van der Waals surface area contributed by atoms with Crippen molar-refractivity contribution in [3.63, 3.8) is 0 Å². The van der Waals surface area contributed by atoms with Crippen LogP contribution in [0.25, 0.3) is 10.9 Å². The Kier molecular flexibility index (Phi) is 5.40. The van der Waals surface area contributed by atoms with Crippen molar-refractivity contribution in [1.82, 2.24) is 9.88 Å². The van der Waals surface area contributed by atoms with Crippen LogP contribution in [-0.2, 0) is 6.42 Å². The molecule has 1 aliphatic heterocycles. The monoisotopic (exact) mass is 488 g/mol. The van der Waals surface area contributed by atoms with Gasteiger partial charge in [0, 0.05) is 32.7 Å². The maximum atomic E-state index is 14.9. The minimum absolute atomic E-state index is 0.167.